The number of hydrogen-bond acceptors (Lipinski definition) is 6. The maximum atomic E-state index is 9.62. The van der Waals surface area contributed by atoms with Gasteiger partial charge in [0.2, 0.25) is 11.8 Å². The fourth-order valence-corrected chi connectivity index (χ4v) is 2.94. The van der Waals surface area contributed by atoms with Crippen LogP contribution in [0.2, 0.25) is 5.02 Å². The van der Waals surface area contributed by atoms with E-state index in [0.717, 1.165) is 38.3 Å². The highest BCUT2D eigenvalue weighted by Gasteiger charge is 2.19. The predicted octanol–water partition coefficient (Wildman–Crippen LogP) is 2.17. The van der Waals surface area contributed by atoms with Crippen LogP contribution >= 0.6 is 11.6 Å². The van der Waals surface area contributed by atoms with Crippen molar-refractivity contribution in [1.82, 2.24) is 14.9 Å². The zero-order chi connectivity index (χ0) is 16.2. The molecule has 1 N–H and O–H groups in total. The number of rotatable bonds is 4. The minimum atomic E-state index is 0.205. The first-order valence-electron chi connectivity index (χ1n) is 7.47. The van der Waals surface area contributed by atoms with E-state index in [2.05, 4.69) is 19.8 Å². The third-order valence-corrected chi connectivity index (χ3v) is 4.05. The quantitative estimate of drug-likeness (QED) is 0.924. The monoisotopic (exact) mass is 334 g/mol. The SMILES string of the molecule is COc1ccnc(N2CCN(Cc3cc(O)cc(Cl)c3)CC2)n1. The zero-order valence-corrected chi connectivity index (χ0v) is 13.7. The van der Waals surface area contributed by atoms with Gasteiger partial charge in [-0.2, -0.15) is 4.98 Å². The Morgan fingerprint density at radius 1 is 1.22 bits per heavy atom. The summed E-state index contributed by atoms with van der Waals surface area (Å²) in [6, 6.07) is 6.93. The molecule has 23 heavy (non-hydrogen) atoms. The van der Waals surface area contributed by atoms with Gasteiger partial charge in [-0.15, -0.1) is 0 Å². The summed E-state index contributed by atoms with van der Waals surface area (Å²) in [5.74, 6) is 1.48. The first-order valence-corrected chi connectivity index (χ1v) is 7.84. The van der Waals surface area contributed by atoms with Crippen LogP contribution in [0.1, 0.15) is 5.56 Å². The van der Waals surface area contributed by atoms with E-state index in [1.165, 1.54) is 0 Å². The molecule has 0 aliphatic carbocycles. The fourth-order valence-electron chi connectivity index (χ4n) is 2.69. The van der Waals surface area contributed by atoms with Crippen LogP contribution in [0.5, 0.6) is 11.6 Å². The largest absolute Gasteiger partial charge is 0.508 e. The van der Waals surface area contributed by atoms with Crippen LogP contribution in [0.3, 0.4) is 0 Å². The Bertz CT molecular complexity index is 655. The van der Waals surface area contributed by atoms with Gasteiger partial charge >= 0.3 is 0 Å². The summed E-state index contributed by atoms with van der Waals surface area (Å²) in [6.45, 7) is 4.25. The van der Waals surface area contributed by atoms with Gasteiger partial charge in [0.15, 0.2) is 0 Å². The Hall–Kier alpha value is -2.05. The molecule has 0 radical (unpaired) electrons. The molecule has 1 aliphatic rings. The van der Waals surface area contributed by atoms with Crippen molar-refractivity contribution in [2.45, 2.75) is 6.54 Å². The molecular weight excluding hydrogens is 316 g/mol. The molecule has 2 aromatic rings. The molecule has 2 heterocycles. The van der Waals surface area contributed by atoms with Crippen LogP contribution in [0.25, 0.3) is 0 Å². The molecule has 1 aromatic heterocycles. The van der Waals surface area contributed by atoms with Crippen LogP contribution < -0.4 is 9.64 Å². The highest BCUT2D eigenvalue weighted by Crippen LogP contribution is 2.21. The number of benzene rings is 1. The Labute approximate surface area is 140 Å². The number of anilines is 1. The summed E-state index contributed by atoms with van der Waals surface area (Å²) >= 11 is 5.98. The second-order valence-electron chi connectivity index (χ2n) is 5.48. The topological polar surface area (TPSA) is 61.7 Å². The number of aromatic nitrogens is 2. The fraction of sp³-hybridized carbons (Fsp3) is 0.375. The highest BCUT2D eigenvalue weighted by molar-refractivity contribution is 6.30. The van der Waals surface area contributed by atoms with Gasteiger partial charge in [-0.3, -0.25) is 4.90 Å². The molecule has 6 nitrogen and oxygen atoms in total. The van der Waals surface area contributed by atoms with Crippen LogP contribution in [0.4, 0.5) is 5.95 Å². The minimum absolute atomic E-state index is 0.205. The number of hydrogen-bond donors (Lipinski definition) is 1. The number of ether oxygens (including phenoxy) is 1. The molecule has 1 saturated heterocycles. The molecule has 0 spiro atoms. The molecule has 1 aliphatic heterocycles. The van der Waals surface area contributed by atoms with Crippen molar-refractivity contribution in [3.05, 3.63) is 41.0 Å². The first kappa shape index (κ1) is 15.8. The van der Waals surface area contributed by atoms with Gasteiger partial charge in [-0.25, -0.2) is 4.98 Å². The summed E-state index contributed by atoms with van der Waals surface area (Å²) in [6.07, 6.45) is 1.71. The van der Waals surface area contributed by atoms with Crippen molar-refractivity contribution in [2.75, 3.05) is 38.2 Å². The lowest BCUT2D eigenvalue weighted by Gasteiger charge is -2.34. The van der Waals surface area contributed by atoms with E-state index in [-0.39, 0.29) is 5.75 Å². The third-order valence-electron chi connectivity index (χ3n) is 3.83. The maximum Gasteiger partial charge on any atom is 0.228 e. The lowest BCUT2D eigenvalue weighted by molar-refractivity contribution is 0.248. The second kappa shape index (κ2) is 7.02. The average Bonchev–Trinajstić information content (AvgIpc) is 2.55. The summed E-state index contributed by atoms with van der Waals surface area (Å²) < 4.78 is 5.14. The second-order valence-corrected chi connectivity index (χ2v) is 5.92. The summed E-state index contributed by atoms with van der Waals surface area (Å²) in [5, 5.41) is 10.2. The van der Waals surface area contributed by atoms with Crippen molar-refractivity contribution in [2.24, 2.45) is 0 Å². The van der Waals surface area contributed by atoms with E-state index in [1.54, 1.807) is 31.5 Å². The van der Waals surface area contributed by atoms with Gasteiger partial charge in [-0.1, -0.05) is 11.6 Å². The Kier molecular flexibility index (Phi) is 4.83. The average molecular weight is 335 g/mol. The number of aromatic hydroxyl groups is 1. The van der Waals surface area contributed by atoms with Crippen molar-refractivity contribution < 1.29 is 9.84 Å². The van der Waals surface area contributed by atoms with Gasteiger partial charge < -0.3 is 14.7 Å². The van der Waals surface area contributed by atoms with E-state index >= 15 is 0 Å². The van der Waals surface area contributed by atoms with Crippen molar-refractivity contribution >= 4 is 17.5 Å². The molecule has 0 bridgehead atoms. The molecule has 1 aromatic carbocycles. The number of nitrogens with zero attached hydrogens (tertiary/aromatic N) is 4. The minimum Gasteiger partial charge on any atom is -0.508 e. The van der Waals surface area contributed by atoms with Gasteiger partial charge in [0, 0.05) is 50.0 Å². The van der Waals surface area contributed by atoms with Crippen LogP contribution in [0, 0.1) is 0 Å². The lowest BCUT2D eigenvalue weighted by atomic mass is 10.2. The molecule has 122 valence electrons. The zero-order valence-electron chi connectivity index (χ0n) is 12.9. The third kappa shape index (κ3) is 4.03. The lowest BCUT2D eigenvalue weighted by Crippen LogP contribution is -2.46. The van der Waals surface area contributed by atoms with Crippen LogP contribution in [0.15, 0.2) is 30.5 Å². The van der Waals surface area contributed by atoms with Crippen molar-refractivity contribution in [3.63, 3.8) is 0 Å². The van der Waals surface area contributed by atoms with Gasteiger partial charge in [0.25, 0.3) is 0 Å². The molecule has 3 rings (SSSR count). The maximum absolute atomic E-state index is 9.62. The van der Waals surface area contributed by atoms with Crippen molar-refractivity contribution in [1.29, 1.82) is 0 Å². The Balaban J connectivity index is 1.59. The van der Waals surface area contributed by atoms with Gasteiger partial charge in [0.1, 0.15) is 5.75 Å². The Morgan fingerprint density at radius 2 is 2.00 bits per heavy atom. The highest BCUT2D eigenvalue weighted by atomic mass is 35.5. The number of piperazine rings is 1. The summed E-state index contributed by atoms with van der Waals surface area (Å²) in [7, 11) is 1.60. The van der Waals surface area contributed by atoms with E-state index in [1.807, 2.05) is 6.07 Å². The number of phenols is 1. The van der Waals surface area contributed by atoms with E-state index in [0.29, 0.717) is 16.9 Å². The predicted molar refractivity (Wildman–Crippen MR) is 89.2 cm³/mol. The summed E-state index contributed by atoms with van der Waals surface area (Å²) in [5.41, 5.74) is 1.01. The molecule has 7 heteroatoms. The normalized spacial score (nSPS) is 15.7. The molecule has 0 saturated carbocycles. The van der Waals surface area contributed by atoms with Crippen LogP contribution in [-0.2, 0) is 6.54 Å². The van der Waals surface area contributed by atoms with Crippen LogP contribution in [-0.4, -0.2) is 53.3 Å². The smallest absolute Gasteiger partial charge is 0.228 e. The molecular formula is C16H19ClN4O2. The van der Waals surface area contributed by atoms with Gasteiger partial charge in [-0.05, 0) is 23.8 Å². The number of methoxy groups -OCH3 is 1. The standard InChI is InChI=1S/C16H19ClN4O2/c1-23-15-2-3-18-16(19-15)21-6-4-20(5-7-21)11-12-8-13(17)10-14(22)9-12/h2-3,8-10,22H,4-7,11H2,1H3. The Morgan fingerprint density at radius 3 is 2.70 bits per heavy atom. The molecule has 0 amide bonds. The van der Waals surface area contributed by atoms with E-state index in [9.17, 15) is 5.11 Å². The number of halogens is 1. The molecule has 0 atom stereocenters. The van der Waals surface area contributed by atoms with Gasteiger partial charge in [0.05, 0.1) is 7.11 Å². The van der Waals surface area contributed by atoms with E-state index < -0.39 is 0 Å². The summed E-state index contributed by atoms with van der Waals surface area (Å²) in [4.78, 5) is 13.1. The van der Waals surface area contributed by atoms with E-state index in [4.69, 9.17) is 16.3 Å². The number of phenolic OH excluding ortho intramolecular Hbond substituents is 1. The molecule has 0 unspecified atom stereocenters. The molecule has 1 fully saturated rings. The van der Waals surface area contributed by atoms with Crippen molar-refractivity contribution in [3.8, 4) is 11.6 Å². The first-order chi connectivity index (χ1) is 11.1.